The van der Waals surface area contributed by atoms with Gasteiger partial charge in [-0.1, -0.05) is 27.2 Å². The molecule has 1 N–H and O–H groups in total. The zero-order valence-electron chi connectivity index (χ0n) is 10.6. The Bertz CT molecular complexity index is 157. The summed E-state index contributed by atoms with van der Waals surface area (Å²) in [6.07, 6.45) is 6.82. The molecule has 2 unspecified atom stereocenters. The maximum Gasteiger partial charge on any atom is 0.0697 e. The highest BCUT2D eigenvalue weighted by Gasteiger charge is 2.21. The van der Waals surface area contributed by atoms with Gasteiger partial charge in [-0.15, -0.1) is 0 Å². The molecule has 0 radical (unpaired) electrons. The molecule has 1 aliphatic carbocycles. The van der Waals surface area contributed by atoms with E-state index in [-0.39, 0.29) is 0 Å². The van der Waals surface area contributed by atoms with Crippen LogP contribution in [0.15, 0.2) is 0 Å². The fraction of sp³-hybridized carbons (Fsp3) is 1.00. The Kier molecular flexibility index (Phi) is 6.26. The lowest BCUT2D eigenvalue weighted by molar-refractivity contribution is 0.0287. The Hall–Kier alpha value is -0.0800. The monoisotopic (exact) mass is 213 g/mol. The lowest BCUT2D eigenvalue weighted by Gasteiger charge is -2.19. The normalized spacial score (nSPS) is 20.2. The van der Waals surface area contributed by atoms with Crippen LogP contribution in [0.1, 0.15) is 52.9 Å². The number of hydrogen-bond acceptors (Lipinski definition) is 2. The molecule has 0 aromatic heterocycles. The van der Waals surface area contributed by atoms with Gasteiger partial charge in [-0.25, -0.2) is 0 Å². The fourth-order valence-corrected chi connectivity index (χ4v) is 1.78. The minimum Gasteiger partial charge on any atom is -0.377 e. The smallest absolute Gasteiger partial charge is 0.0697 e. The van der Waals surface area contributed by atoms with E-state index in [4.69, 9.17) is 4.74 Å². The van der Waals surface area contributed by atoms with Crippen LogP contribution in [0.4, 0.5) is 0 Å². The fourth-order valence-electron chi connectivity index (χ4n) is 1.78. The minimum atomic E-state index is 0.421. The summed E-state index contributed by atoms with van der Waals surface area (Å²) < 4.78 is 5.92. The standard InChI is InChI=1S/C13H27NO/c1-4-6-11(3)10-15-13(5-2)9-14-12-7-8-12/h11-14H,4-10H2,1-3H3. The van der Waals surface area contributed by atoms with E-state index >= 15 is 0 Å². The van der Waals surface area contributed by atoms with Crippen molar-refractivity contribution in [3.63, 3.8) is 0 Å². The van der Waals surface area contributed by atoms with Crippen molar-refractivity contribution in [2.75, 3.05) is 13.2 Å². The quantitative estimate of drug-likeness (QED) is 0.636. The van der Waals surface area contributed by atoms with Gasteiger partial charge in [0.2, 0.25) is 0 Å². The van der Waals surface area contributed by atoms with Crippen LogP contribution in [0, 0.1) is 5.92 Å². The average Bonchev–Trinajstić information content (AvgIpc) is 3.02. The Balaban J connectivity index is 2.03. The van der Waals surface area contributed by atoms with Crippen LogP contribution in [0.2, 0.25) is 0 Å². The van der Waals surface area contributed by atoms with Crippen LogP contribution in [-0.2, 0) is 4.74 Å². The molecule has 1 saturated carbocycles. The summed E-state index contributed by atoms with van der Waals surface area (Å²) in [4.78, 5) is 0. The van der Waals surface area contributed by atoms with Crippen LogP contribution in [0.25, 0.3) is 0 Å². The third kappa shape index (κ3) is 6.16. The zero-order valence-corrected chi connectivity index (χ0v) is 10.6. The van der Waals surface area contributed by atoms with Gasteiger partial charge in [0.25, 0.3) is 0 Å². The molecule has 1 aliphatic rings. The molecule has 0 aromatic carbocycles. The maximum atomic E-state index is 5.92. The van der Waals surface area contributed by atoms with E-state index < -0.39 is 0 Å². The van der Waals surface area contributed by atoms with Crippen molar-refractivity contribution in [1.29, 1.82) is 0 Å². The largest absolute Gasteiger partial charge is 0.377 e. The van der Waals surface area contributed by atoms with Gasteiger partial charge >= 0.3 is 0 Å². The maximum absolute atomic E-state index is 5.92. The average molecular weight is 213 g/mol. The molecule has 2 heteroatoms. The Labute approximate surface area is 94.8 Å². The summed E-state index contributed by atoms with van der Waals surface area (Å²) >= 11 is 0. The van der Waals surface area contributed by atoms with E-state index in [9.17, 15) is 0 Å². The molecule has 0 bridgehead atoms. The van der Waals surface area contributed by atoms with Crippen molar-refractivity contribution >= 4 is 0 Å². The van der Waals surface area contributed by atoms with Gasteiger partial charge in [0.1, 0.15) is 0 Å². The molecule has 0 aromatic rings. The van der Waals surface area contributed by atoms with E-state index in [2.05, 4.69) is 26.1 Å². The molecular formula is C13H27NO. The first kappa shape index (κ1) is 13.0. The van der Waals surface area contributed by atoms with Gasteiger partial charge in [-0.3, -0.25) is 0 Å². The van der Waals surface area contributed by atoms with Crippen molar-refractivity contribution in [1.82, 2.24) is 5.32 Å². The molecule has 0 heterocycles. The molecule has 2 nitrogen and oxygen atoms in total. The molecule has 0 spiro atoms. The van der Waals surface area contributed by atoms with Crippen molar-refractivity contribution < 1.29 is 4.74 Å². The Morgan fingerprint density at radius 3 is 2.60 bits per heavy atom. The van der Waals surface area contributed by atoms with Gasteiger partial charge in [0, 0.05) is 19.2 Å². The molecule has 0 amide bonds. The first-order valence-electron chi connectivity index (χ1n) is 6.61. The highest BCUT2D eigenvalue weighted by atomic mass is 16.5. The van der Waals surface area contributed by atoms with Gasteiger partial charge < -0.3 is 10.1 Å². The summed E-state index contributed by atoms with van der Waals surface area (Å²) in [7, 11) is 0. The molecule has 2 atom stereocenters. The molecular weight excluding hydrogens is 186 g/mol. The zero-order chi connectivity index (χ0) is 11.1. The summed E-state index contributed by atoms with van der Waals surface area (Å²) in [6, 6.07) is 0.802. The second kappa shape index (κ2) is 7.24. The second-order valence-electron chi connectivity index (χ2n) is 4.94. The third-order valence-corrected chi connectivity index (χ3v) is 3.06. The summed E-state index contributed by atoms with van der Waals surface area (Å²) in [5, 5.41) is 3.54. The van der Waals surface area contributed by atoms with Crippen LogP contribution >= 0.6 is 0 Å². The lowest BCUT2D eigenvalue weighted by atomic mass is 10.1. The highest BCUT2D eigenvalue weighted by Crippen LogP contribution is 2.18. The van der Waals surface area contributed by atoms with Crippen molar-refractivity contribution in [2.45, 2.75) is 65.0 Å². The van der Waals surface area contributed by atoms with Crippen LogP contribution < -0.4 is 5.32 Å². The predicted molar refractivity (Wildman–Crippen MR) is 65.1 cm³/mol. The van der Waals surface area contributed by atoms with Crippen LogP contribution in [0.5, 0.6) is 0 Å². The van der Waals surface area contributed by atoms with Gasteiger partial charge in [0.15, 0.2) is 0 Å². The molecule has 15 heavy (non-hydrogen) atoms. The third-order valence-electron chi connectivity index (χ3n) is 3.06. The molecule has 1 rings (SSSR count). The Morgan fingerprint density at radius 2 is 2.07 bits per heavy atom. The molecule has 90 valence electrons. The summed E-state index contributed by atoms with van der Waals surface area (Å²) in [5.74, 6) is 0.713. The van der Waals surface area contributed by atoms with Crippen molar-refractivity contribution in [3.05, 3.63) is 0 Å². The topological polar surface area (TPSA) is 21.3 Å². The summed E-state index contributed by atoms with van der Waals surface area (Å²) in [6.45, 7) is 8.70. The predicted octanol–water partition coefficient (Wildman–Crippen LogP) is 2.97. The number of hydrogen-bond donors (Lipinski definition) is 1. The first-order chi connectivity index (χ1) is 7.26. The van der Waals surface area contributed by atoms with Gasteiger partial charge in [-0.05, 0) is 31.6 Å². The highest BCUT2D eigenvalue weighted by molar-refractivity contribution is 4.81. The van der Waals surface area contributed by atoms with Crippen LogP contribution in [-0.4, -0.2) is 25.3 Å². The van der Waals surface area contributed by atoms with E-state index in [1.807, 2.05) is 0 Å². The van der Waals surface area contributed by atoms with Crippen LogP contribution in [0.3, 0.4) is 0 Å². The van der Waals surface area contributed by atoms with Crippen molar-refractivity contribution in [2.24, 2.45) is 5.92 Å². The van der Waals surface area contributed by atoms with Crippen molar-refractivity contribution in [3.8, 4) is 0 Å². The number of rotatable bonds is 9. The second-order valence-corrected chi connectivity index (χ2v) is 4.94. The first-order valence-corrected chi connectivity index (χ1v) is 6.61. The van der Waals surface area contributed by atoms with E-state index in [1.54, 1.807) is 0 Å². The van der Waals surface area contributed by atoms with E-state index in [0.29, 0.717) is 12.0 Å². The minimum absolute atomic E-state index is 0.421. The SMILES string of the molecule is CCCC(C)COC(CC)CNC1CC1. The Morgan fingerprint density at radius 1 is 1.33 bits per heavy atom. The molecule has 0 saturated heterocycles. The molecule has 0 aliphatic heterocycles. The number of nitrogens with one attached hydrogen (secondary N) is 1. The van der Waals surface area contributed by atoms with E-state index in [0.717, 1.165) is 25.6 Å². The molecule has 1 fully saturated rings. The summed E-state index contributed by atoms with van der Waals surface area (Å²) in [5.41, 5.74) is 0. The lowest BCUT2D eigenvalue weighted by Crippen LogP contribution is -2.31. The number of ether oxygens (including phenoxy) is 1. The van der Waals surface area contributed by atoms with E-state index in [1.165, 1.54) is 25.7 Å². The van der Waals surface area contributed by atoms with Gasteiger partial charge in [-0.2, -0.15) is 0 Å². The van der Waals surface area contributed by atoms with Gasteiger partial charge in [0.05, 0.1) is 6.10 Å².